The van der Waals surface area contributed by atoms with Crippen LogP contribution < -0.4 is 0 Å². The van der Waals surface area contributed by atoms with Gasteiger partial charge in [0.1, 0.15) is 4.60 Å². The van der Waals surface area contributed by atoms with Crippen molar-refractivity contribution in [2.24, 2.45) is 5.92 Å². The van der Waals surface area contributed by atoms with Crippen molar-refractivity contribution in [1.29, 1.82) is 0 Å². The number of rotatable bonds is 2. The van der Waals surface area contributed by atoms with Gasteiger partial charge < -0.3 is 9.84 Å². The average Bonchev–Trinajstić information content (AvgIpc) is 2.28. The van der Waals surface area contributed by atoms with Crippen molar-refractivity contribution in [3.05, 3.63) is 28.5 Å². The number of aliphatic hydroxyl groups excluding tert-OH is 1. The highest BCUT2D eigenvalue weighted by Gasteiger charge is 2.27. The molecule has 1 fully saturated rings. The standard InChI is InChI=1S/C11H12BrNO2S/c12-9-3-1-2-8(13-9)11(14)7-4-5-15-10(16)6-7/h1-3,7,11,14H,4-6H2. The first kappa shape index (κ1) is 12.0. The minimum absolute atomic E-state index is 0.114. The molecule has 5 heteroatoms. The summed E-state index contributed by atoms with van der Waals surface area (Å²) in [6, 6.07) is 5.53. The van der Waals surface area contributed by atoms with Crippen molar-refractivity contribution in [2.75, 3.05) is 6.61 Å². The molecular weight excluding hydrogens is 290 g/mol. The van der Waals surface area contributed by atoms with Crippen LogP contribution >= 0.6 is 28.1 Å². The minimum atomic E-state index is -0.570. The van der Waals surface area contributed by atoms with Gasteiger partial charge in [0.25, 0.3) is 0 Å². The summed E-state index contributed by atoms with van der Waals surface area (Å²) in [5.41, 5.74) is 0.684. The first-order valence-corrected chi connectivity index (χ1v) is 6.33. The van der Waals surface area contributed by atoms with E-state index in [9.17, 15) is 5.11 Å². The number of halogens is 1. The molecule has 86 valence electrons. The fourth-order valence-corrected chi connectivity index (χ4v) is 2.45. The fourth-order valence-electron chi connectivity index (χ4n) is 1.80. The molecule has 1 aromatic rings. The number of thiocarbonyl (C=S) groups is 1. The summed E-state index contributed by atoms with van der Waals surface area (Å²) < 4.78 is 5.94. The monoisotopic (exact) mass is 301 g/mol. The Morgan fingerprint density at radius 1 is 1.56 bits per heavy atom. The van der Waals surface area contributed by atoms with E-state index in [0.29, 0.717) is 23.8 Å². The van der Waals surface area contributed by atoms with Crippen LogP contribution in [0.4, 0.5) is 0 Å². The molecule has 0 aromatic carbocycles. The number of hydrogen-bond acceptors (Lipinski definition) is 4. The lowest BCUT2D eigenvalue weighted by Crippen LogP contribution is -2.25. The van der Waals surface area contributed by atoms with Crippen LogP contribution in [-0.2, 0) is 4.74 Å². The maximum absolute atomic E-state index is 10.2. The van der Waals surface area contributed by atoms with Gasteiger partial charge in [0.05, 0.1) is 18.4 Å². The summed E-state index contributed by atoms with van der Waals surface area (Å²) in [5, 5.41) is 10.8. The summed E-state index contributed by atoms with van der Waals surface area (Å²) in [4.78, 5) is 4.26. The number of aromatic nitrogens is 1. The zero-order valence-corrected chi connectivity index (χ0v) is 11.0. The second kappa shape index (κ2) is 5.21. The van der Waals surface area contributed by atoms with Gasteiger partial charge >= 0.3 is 0 Å². The van der Waals surface area contributed by atoms with E-state index in [1.54, 1.807) is 0 Å². The van der Waals surface area contributed by atoms with Gasteiger partial charge in [-0.25, -0.2) is 4.98 Å². The van der Waals surface area contributed by atoms with E-state index < -0.39 is 6.10 Å². The predicted molar refractivity (Wildman–Crippen MR) is 68.2 cm³/mol. The van der Waals surface area contributed by atoms with E-state index in [4.69, 9.17) is 17.0 Å². The number of hydrogen-bond donors (Lipinski definition) is 1. The Labute approximate surface area is 108 Å². The Kier molecular flexibility index (Phi) is 3.89. The van der Waals surface area contributed by atoms with Gasteiger partial charge in [-0.3, -0.25) is 0 Å². The van der Waals surface area contributed by atoms with Crippen molar-refractivity contribution < 1.29 is 9.84 Å². The molecule has 0 spiro atoms. The first-order valence-electron chi connectivity index (χ1n) is 5.13. The molecule has 0 saturated carbocycles. The third-order valence-corrected chi connectivity index (χ3v) is 3.39. The summed E-state index contributed by atoms with van der Waals surface area (Å²) in [5.74, 6) is 0.114. The highest BCUT2D eigenvalue weighted by atomic mass is 79.9. The topological polar surface area (TPSA) is 42.4 Å². The van der Waals surface area contributed by atoms with Crippen molar-refractivity contribution >= 4 is 33.2 Å². The van der Waals surface area contributed by atoms with Gasteiger partial charge in [-0.2, -0.15) is 0 Å². The molecule has 2 atom stereocenters. The fraction of sp³-hybridized carbons (Fsp3) is 0.455. The molecular formula is C11H12BrNO2S. The summed E-state index contributed by atoms with van der Waals surface area (Å²) in [6.45, 7) is 0.592. The SMILES string of the molecule is OC(c1cccc(Br)n1)C1CCOC(=S)C1. The van der Waals surface area contributed by atoms with Gasteiger partial charge in [0.2, 0.25) is 0 Å². The quantitative estimate of drug-likeness (QED) is 0.673. The molecule has 1 aliphatic rings. The Balaban J connectivity index is 2.12. The van der Waals surface area contributed by atoms with Crippen LogP contribution in [0.5, 0.6) is 0 Å². The van der Waals surface area contributed by atoms with E-state index in [1.807, 2.05) is 18.2 Å². The number of pyridine rings is 1. The zero-order chi connectivity index (χ0) is 11.5. The van der Waals surface area contributed by atoms with Gasteiger partial charge in [-0.05, 0) is 46.7 Å². The Morgan fingerprint density at radius 3 is 3.06 bits per heavy atom. The van der Waals surface area contributed by atoms with Crippen LogP contribution in [-0.4, -0.2) is 21.7 Å². The van der Waals surface area contributed by atoms with Gasteiger partial charge in [-0.15, -0.1) is 0 Å². The average molecular weight is 302 g/mol. The molecule has 1 N–H and O–H groups in total. The summed E-state index contributed by atoms with van der Waals surface area (Å²) in [7, 11) is 0. The van der Waals surface area contributed by atoms with Gasteiger partial charge in [-0.1, -0.05) is 6.07 Å². The highest BCUT2D eigenvalue weighted by Crippen LogP contribution is 2.30. The predicted octanol–water partition coefficient (Wildman–Crippen LogP) is 2.63. The third kappa shape index (κ3) is 2.78. The zero-order valence-electron chi connectivity index (χ0n) is 8.60. The van der Waals surface area contributed by atoms with E-state index in [1.165, 1.54) is 0 Å². The van der Waals surface area contributed by atoms with E-state index in [0.717, 1.165) is 11.0 Å². The number of aliphatic hydroxyl groups is 1. The van der Waals surface area contributed by atoms with Crippen molar-refractivity contribution in [2.45, 2.75) is 18.9 Å². The molecule has 0 amide bonds. The maximum atomic E-state index is 10.2. The largest absolute Gasteiger partial charge is 0.487 e. The molecule has 1 aliphatic heterocycles. The molecule has 2 unspecified atom stereocenters. The Bertz CT molecular complexity index is 399. The lowest BCUT2D eigenvalue weighted by Gasteiger charge is -2.27. The van der Waals surface area contributed by atoms with E-state index in [2.05, 4.69) is 20.9 Å². The van der Waals surface area contributed by atoms with Crippen LogP contribution in [0.2, 0.25) is 0 Å². The third-order valence-electron chi connectivity index (χ3n) is 2.67. The van der Waals surface area contributed by atoms with Crippen LogP contribution in [0.1, 0.15) is 24.6 Å². The molecule has 3 nitrogen and oxygen atoms in total. The molecule has 0 bridgehead atoms. The maximum Gasteiger partial charge on any atom is 0.160 e. The molecule has 1 saturated heterocycles. The van der Waals surface area contributed by atoms with Crippen LogP contribution in [0, 0.1) is 5.92 Å². The minimum Gasteiger partial charge on any atom is -0.487 e. The van der Waals surface area contributed by atoms with E-state index >= 15 is 0 Å². The van der Waals surface area contributed by atoms with Crippen LogP contribution in [0.25, 0.3) is 0 Å². The lowest BCUT2D eigenvalue weighted by atomic mass is 9.92. The Hall–Kier alpha value is -0.520. The second-order valence-corrected chi connectivity index (χ2v) is 5.07. The molecule has 2 heterocycles. The Morgan fingerprint density at radius 2 is 2.38 bits per heavy atom. The first-order chi connectivity index (χ1) is 7.66. The smallest absolute Gasteiger partial charge is 0.160 e. The molecule has 1 aromatic heterocycles. The summed E-state index contributed by atoms with van der Waals surface area (Å²) >= 11 is 8.31. The summed E-state index contributed by atoms with van der Waals surface area (Å²) in [6.07, 6.45) is 0.875. The molecule has 0 aliphatic carbocycles. The van der Waals surface area contributed by atoms with Gasteiger partial charge in [0, 0.05) is 12.3 Å². The second-order valence-electron chi connectivity index (χ2n) is 3.80. The normalized spacial score (nSPS) is 22.6. The van der Waals surface area contributed by atoms with Crippen LogP contribution in [0.15, 0.2) is 22.8 Å². The molecule has 16 heavy (non-hydrogen) atoms. The van der Waals surface area contributed by atoms with Crippen molar-refractivity contribution in [3.8, 4) is 0 Å². The number of ether oxygens (including phenoxy) is 1. The van der Waals surface area contributed by atoms with Crippen molar-refractivity contribution in [3.63, 3.8) is 0 Å². The van der Waals surface area contributed by atoms with Crippen molar-refractivity contribution in [1.82, 2.24) is 4.98 Å². The highest BCUT2D eigenvalue weighted by molar-refractivity contribution is 9.10. The van der Waals surface area contributed by atoms with Crippen LogP contribution in [0.3, 0.4) is 0 Å². The number of nitrogens with zero attached hydrogens (tertiary/aromatic N) is 1. The lowest BCUT2D eigenvalue weighted by molar-refractivity contribution is 0.0738. The molecule has 2 rings (SSSR count). The molecule has 0 radical (unpaired) electrons. The van der Waals surface area contributed by atoms with E-state index in [-0.39, 0.29) is 5.92 Å². The van der Waals surface area contributed by atoms with Gasteiger partial charge in [0.15, 0.2) is 5.05 Å².